The Morgan fingerprint density at radius 2 is 1.67 bits per heavy atom. The van der Waals surface area contributed by atoms with Crippen molar-refractivity contribution in [2.24, 2.45) is 5.92 Å². The van der Waals surface area contributed by atoms with Gasteiger partial charge in [-0.2, -0.15) is 0 Å². The summed E-state index contributed by atoms with van der Waals surface area (Å²) in [5, 5.41) is 2.06. The molecule has 0 aliphatic heterocycles. The van der Waals surface area contributed by atoms with Gasteiger partial charge in [-0.25, -0.2) is 15.0 Å². The third-order valence-corrected chi connectivity index (χ3v) is 7.09. The zero-order valence-corrected chi connectivity index (χ0v) is 18.8. The number of nitrogen functional groups attached to an aromatic ring is 1. The van der Waals surface area contributed by atoms with Crippen molar-refractivity contribution in [3.63, 3.8) is 0 Å². The Kier molecular flexibility index (Phi) is 4.83. The van der Waals surface area contributed by atoms with Gasteiger partial charge in [-0.1, -0.05) is 55.5 Å². The van der Waals surface area contributed by atoms with Crippen LogP contribution < -0.4 is 5.73 Å². The van der Waals surface area contributed by atoms with Crippen molar-refractivity contribution in [2.45, 2.75) is 38.6 Å². The van der Waals surface area contributed by atoms with Gasteiger partial charge in [0.2, 0.25) is 0 Å². The second-order valence-electron chi connectivity index (χ2n) is 9.29. The Morgan fingerprint density at radius 1 is 0.879 bits per heavy atom. The van der Waals surface area contributed by atoms with Gasteiger partial charge in [-0.05, 0) is 49.3 Å². The molecule has 0 spiro atoms. The minimum Gasteiger partial charge on any atom is -0.383 e. The first-order chi connectivity index (χ1) is 16.2. The van der Waals surface area contributed by atoms with E-state index in [1.54, 1.807) is 6.33 Å². The third-order valence-electron chi connectivity index (χ3n) is 7.09. The second kappa shape index (κ2) is 8.00. The number of hydrogen-bond donors (Lipinski definition) is 1. The summed E-state index contributed by atoms with van der Waals surface area (Å²) >= 11 is 0. The predicted octanol–water partition coefficient (Wildman–Crippen LogP) is 6.65. The van der Waals surface area contributed by atoms with Gasteiger partial charge < -0.3 is 10.3 Å². The minimum atomic E-state index is 0.454. The minimum absolute atomic E-state index is 0.454. The number of aromatic nitrogens is 4. The summed E-state index contributed by atoms with van der Waals surface area (Å²) < 4.78 is 2.34. The normalized spacial score (nSPS) is 18.7. The summed E-state index contributed by atoms with van der Waals surface area (Å²) in [5.41, 5.74) is 12.6. The summed E-state index contributed by atoms with van der Waals surface area (Å²) in [5.74, 6) is 1.33. The summed E-state index contributed by atoms with van der Waals surface area (Å²) in [7, 11) is 0. The fourth-order valence-electron chi connectivity index (χ4n) is 5.18. The highest BCUT2D eigenvalue weighted by Crippen LogP contribution is 2.39. The van der Waals surface area contributed by atoms with Crippen LogP contribution in [0.1, 0.15) is 38.6 Å². The van der Waals surface area contributed by atoms with Crippen molar-refractivity contribution in [3.05, 3.63) is 73.2 Å². The molecule has 6 rings (SSSR count). The molecule has 33 heavy (non-hydrogen) atoms. The number of pyridine rings is 1. The molecule has 0 saturated heterocycles. The fourth-order valence-corrected chi connectivity index (χ4v) is 5.18. The first-order valence-corrected chi connectivity index (χ1v) is 11.7. The van der Waals surface area contributed by atoms with E-state index in [1.807, 2.05) is 18.2 Å². The first-order valence-electron chi connectivity index (χ1n) is 11.7. The van der Waals surface area contributed by atoms with Crippen LogP contribution in [0.3, 0.4) is 0 Å². The molecule has 0 atom stereocenters. The van der Waals surface area contributed by atoms with Crippen molar-refractivity contribution in [2.75, 3.05) is 5.73 Å². The van der Waals surface area contributed by atoms with Crippen molar-refractivity contribution >= 4 is 27.8 Å². The van der Waals surface area contributed by atoms with E-state index in [1.165, 1.54) is 25.7 Å². The molecule has 5 aromatic rings. The third kappa shape index (κ3) is 3.54. The molecule has 1 fully saturated rings. The topological polar surface area (TPSA) is 69.6 Å². The smallest absolute Gasteiger partial charge is 0.146 e. The molecule has 0 unspecified atom stereocenters. The lowest BCUT2D eigenvalue weighted by atomic mass is 9.87. The molecule has 3 aromatic heterocycles. The van der Waals surface area contributed by atoms with E-state index in [9.17, 15) is 0 Å². The Morgan fingerprint density at radius 3 is 2.48 bits per heavy atom. The van der Waals surface area contributed by atoms with Gasteiger partial charge in [-0.3, -0.25) is 0 Å². The van der Waals surface area contributed by atoms with Crippen LogP contribution in [0.15, 0.2) is 73.2 Å². The molecule has 1 aliphatic carbocycles. The molecule has 1 saturated carbocycles. The molecule has 2 aromatic carbocycles. The molecule has 5 heteroatoms. The standard InChI is InChI=1S/C28H27N5/c1-18-7-12-22(13-8-18)33-16-23(26-27(29)30-17-31-28(26)33)21-10-9-20-11-14-24(32-25(20)15-21)19-5-3-2-4-6-19/h2-6,9-11,14-18,22H,7-8,12-13H2,1H3,(H2,29,30,31). The molecule has 1 aliphatic rings. The molecular formula is C28H27N5. The maximum absolute atomic E-state index is 6.39. The number of fused-ring (bicyclic) bond motifs is 2. The maximum Gasteiger partial charge on any atom is 0.146 e. The van der Waals surface area contributed by atoms with Gasteiger partial charge in [0.15, 0.2) is 0 Å². The average molecular weight is 434 g/mol. The zero-order chi connectivity index (χ0) is 22.4. The van der Waals surface area contributed by atoms with Gasteiger partial charge in [0.05, 0.1) is 16.6 Å². The van der Waals surface area contributed by atoms with Crippen molar-refractivity contribution < 1.29 is 0 Å². The van der Waals surface area contributed by atoms with Gasteiger partial charge in [0.1, 0.15) is 17.8 Å². The van der Waals surface area contributed by atoms with E-state index in [-0.39, 0.29) is 0 Å². The van der Waals surface area contributed by atoms with E-state index in [4.69, 9.17) is 10.7 Å². The van der Waals surface area contributed by atoms with Crippen molar-refractivity contribution in [3.8, 4) is 22.4 Å². The fraction of sp³-hybridized carbons (Fsp3) is 0.250. The van der Waals surface area contributed by atoms with E-state index in [0.29, 0.717) is 11.9 Å². The van der Waals surface area contributed by atoms with E-state index in [2.05, 4.69) is 70.1 Å². The number of benzene rings is 2. The molecule has 0 radical (unpaired) electrons. The van der Waals surface area contributed by atoms with Gasteiger partial charge in [0.25, 0.3) is 0 Å². The Bertz CT molecular complexity index is 1450. The van der Waals surface area contributed by atoms with Gasteiger partial charge >= 0.3 is 0 Å². The van der Waals surface area contributed by atoms with Crippen LogP contribution >= 0.6 is 0 Å². The number of nitrogens with two attached hydrogens (primary N) is 1. The molecule has 164 valence electrons. The van der Waals surface area contributed by atoms with Crippen LogP contribution in [-0.4, -0.2) is 19.5 Å². The molecule has 2 N–H and O–H groups in total. The highest BCUT2D eigenvalue weighted by Gasteiger charge is 2.24. The Hall–Kier alpha value is -3.73. The van der Waals surface area contributed by atoms with Crippen molar-refractivity contribution in [1.29, 1.82) is 0 Å². The summed E-state index contributed by atoms with van der Waals surface area (Å²) in [6.07, 6.45) is 8.67. The van der Waals surface area contributed by atoms with E-state index in [0.717, 1.165) is 50.2 Å². The maximum atomic E-state index is 6.39. The average Bonchev–Trinajstić information content (AvgIpc) is 3.25. The highest BCUT2D eigenvalue weighted by atomic mass is 15.1. The van der Waals surface area contributed by atoms with Crippen LogP contribution in [0.4, 0.5) is 5.82 Å². The summed E-state index contributed by atoms with van der Waals surface area (Å²) in [6, 6.07) is 21.4. The number of anilines is 1. The van der Waals surface area contributed by atoms with Gasteiger partial charge in [-0.15, -0.1) is 0 Å². The SMILES string of the molecule is CC1CCC(n2cc(-c3ccc4ccc(-c5ccccc5)nc4c3)c3c(N)ncnc32)CC1. The molecule has 0 amide bonds. The van der Waals surface area contributed by atoms with Crippen molar-refractivity contribution in [1.82, 2.24) is 19.5 Å². The molecular weight excluding hydrogens is 406 g/mol. The Balaban J connectivity index is 1.49. The molecule has 3 heterocycles. The monoisotopic (exact) mass is 433 g/mol. The molecule has 0 bridgehead atoms. The largest absolute Gasteiger partial charge is 0.383 e. The number of hydrogen-bond acceptors (Lipinski definition) is 4. The van der Waals surface area contributed by atoms with Crippen LogP contribution in [-0.2, 0) is 0 Å². The van der Waals surface area contributed by atoms with Crippen LogP contribution in [0.2, 0.25) is 0 Å². The molecule has 5 nitrogen and oxygen atoms in total. The first kappa shape index (κ1) is 19.9. The lowest BCUT2D eigenvalue weighted by Crippen LogP contribution is -2.16. The Labute approximate surface area is 193 Å². The lowest BCUT2D eigenvalue weighted by Gasteiger charge is -2.27. The van der Waals surface area contributed by atoms with Crippen LogP contribution in [0.5, 0.6) is 0 Å². The predicted molar refractivity (Wildman–Crippen MR) is 135 cm³/mol. The second-order valence-corrected chi connectivity index (χ2v) is 9.29. The number of nitrogens with zero attached hydrogens (tertiary/aromatic N) is 4. The zero-order valence-electron chi connectivity index (χ0n) is 18.8. The van der Waals surface area contributed by atoms with E-state index < -0.39 is 0 Å². The van der Waals surface area contributed by atoms with Crippen LogP contribution in [0, 0.1) is 5.92 Å². The number of rotatable bonds is 3. The lowest BCUT2D eigenvalue weighted by molar-refractivity contribution is 0.294. The highest BCUT2D eigenvalue weighted by molar-refractivity contribution is 6.02. The summed E-state index contributed by atoms with van der Waals surface area (Å²) in [6.45, 7) is 2.35. The van der Waals surface area contributed by atoms with E-state index >= 15 is 0 Å². The summed E-state index contributed by atoms with van der Waals surface area (Å²) in [4.78, 5) is 13.9. The quantitative estimate of drug-likeness (QED) is 0.346. The van der Waals surface area contributed by atoms with Crippen LogP contribution in [0.25, 0.3) is 44.3 Å². The van der Waals surface area contributed by atoms with Gasteiger partial charge in [0, 0.05) is 28.8 Å².